The molecule has 2 heterocycles. The molecule has 3 rings (SSSR count). The molecule has 1 aromatic carbocycles. The number of anilines is 1. The highest BCUT2D eigenvalue weighted by molar-refractivity contribution is 6.40. The van der Waals surface area contributed by atoms with Crippen molar-refractivity contribution in [1.29, 1.82) is 0 Å². The zero-order valence-electron chi connectivity index (χ0n) is 17.9. The fourth-order valence-electron chi connectivity index (χ4n) is 3.74. The average Bonchev–Trinajstić information content (AvgIpc) is 2.76. The molecule has 1 fully saturated rings. The summed E-state index contributed by atoms with van der Waals surface area (Å²) < 4.78 is 5.56. The molecule has 1 unspecified atom stereocenters. The Kier molecular flexibility index (Phi) is 7.60. The summed E-state index contributed by atoms with van der Waals surface area (Å²) in [5, 5.41) is 5.13. The average molecular weight is 402 g/mol. The molecule has 1 aliphatic heterocycles. The predicted molar refractivity (Wildman–Crippen MR) is 124 cm³/mol. The summed E-state index contributed by atoms with van der Waals surface area (Å²) in [4.78, 5) is 17.3. The third kappa shape index (κ3) is 5.26. The Balaban J connectivity index is 1.90. The van der Waals surface area contributed by atoms with E-state index in [9.17, 15) is 4.79 Å². The minimum absolute atomic E-state index is 0.0803. The van der Waals surface area contributed by atoms with E-state index in [2.05, 4.69) is 43.2 Å². The second-order valence-electron chi connectivity index (χ2n) is 7.68. The highest BCUT2D eigenvalue weighted by Gasteiger charge is 2.26. The number of fused-ring (bicyclic) bond motifs is 1. The first-order valence-corrected chi connectivity index (χ1v) is 10.4. The van der Waals surface area contributed by atoms with Crippen LogP contribution in [0, 0.1) is 5.92 Å². The van der Waals surface area contributed by atoms with Gasteiger partial charge in [-0.15, -0.1) is 0 Å². The van der Waals surface area contributed by atoms with Crippen LogP contribution in [0.3, 0.4) is 0 Å². The number of pyridine rings is 1. The molecule has 1 aromatic heterocycles. The van der Waals surface area contributed by atoms with Gasteiger partial charge >= 0.3 is 7.48 Å². The lowest BCUT2D eigenvalue weighted by Crippen LogP contribution is -2.32. The van der Waals surface area contributed by atoms with Crippen LogP contribution >= 0.6 is 0 Å². The van der Waals surface area contributed by atoms with Gasteiger partial charge in [-0.2, -0.15) is 0 Å². The van der Waals surface area contributed by atoms with Crippen molar-refractivity contribution in [3.8, 4) is 0 Å². The van der Waals surface area contributed by atoms with Gasteiger partial charge < -0.3 is 15.7 Å². The molecule has 5 nitrogen and oxygen atoms in total. The maximum Gasteiger partial charge on any atom is 0.330 e. The highest BCUT2D eigenvalue weighted by Crippen LogP contribution is 2.30. The molecule has 155 valence electrons. The van der Waals surface area contributed by atoms with Crippen LogP contribution in [0.5, 0.6) is 0 Å². The standard InChI is InChI=1S/C24H29BN3O2/c1-4-20(21-10-12-30-25-23(21)8-5-16(2)3)22(14-26)24(29)28-19-7-6-18-15-27-11-9-17(18)13-19/h5-9,11,13,15,22H,4,10,12,14,26H2,1-3H3,(H,28,29)/b21-20+,23-8+. The molecule has 0 bridgehead atoms. The van der Waals surface area contributed by atoms with E-state index < -0.39 is 0 Å². The van der Waals surface area contributed by atoms with Gasteiger partial charge in [0, 0.05) is 36.6 Å². The van der Waals surface area contributed by atoms with Crippen LogP contribution in [0.15, 0.2) is 71.0 Å². The fraction of sp³-hybridized carbons (Fsp3) is 0.333. The predicted octanol–water partition coefficient (Wildman–Crippen LogP) is 4.34. The van der Waals surface area contributed by atoms with Crippen LogP contribution in [0.4, 0.5) is 5.69 Å². The topological polar surface area (TPSA) is 77.2 Å². The second kappa shape index (κ2) is 10.4. The summed E-state index contributed by atoms with van der Waals surface area (Å²) in [7, 11) is 1.79. The number of amides is 1. The molecule has 0 aliphatic carbocycles. The van der Waals surface area contributed by atoms with Crippen LogP contribution in [-0.2, 0) is 9.45 Å². The summed E-state index contributed by atoms with van der Waals surface area (Å²) in [5.41, 5.74) is 11.3. The first-order valence-electron chi connectivity index (χ1n) is 10.4. The zero-order valence-corrected chi connectivity index (χ0v) is 17.9. The summed E-state index contributed by atoms with van der Waals surface area (Å²) in [6, 6.07) is 7.76. The van der Waals surface area contributed by atoms with Gasteiger partial charge in [-0.3, -0.25) is 9.78 Å². The van der Waals surface area contributed by atoms with Gasteiger partial charge in [-0.25, -0.2) is 0 Å². The van der Waals surface area contributed by atoms with E-state index in [0.29, 0.717) is 6.61 Å². The Bertz CT molecular complexity index is 1010. The van der Waals surface area contributed by atoms with E-state index in [1.54, 1.807) is 13.7 Å². The Morgan fingerprint density at radius 2 is 2.17 bits per heavy atom. The van der Waals surface area contributed by atoms with Gasteiger partial charge in [0.1, 0.15) is 0 Å². The zero-order chi connectivity index (χ0) is 21.5. The summed E-state index contributed by atoms with van der Waals surface area (Å²) in [6.07, 6.45) is 9.21. The van der Waals surface area contributed by atoms with E-state index in [0.717, 1.165) is 45.9 Å². The number of aromatic nitrogens is 1. The molecule has 1 amide bonds. The van der Waals surface area contributed by atoms with E-state index in [-0.39, 0.29) is 18.4 Å². The molecule has 6 heteroatoms. The van der Waals surface area contributed by atoms with Crippen molar-refractivity contribution in [2.75, 3.05) is 18.5 Å². The van der Waals surface area contributed by atoms with E-state index in [4.69, 9.17) is 10.4 Å². The number of nitrogens with zero attached hydrogens (tertiary/aromatic N) is 1. The molecule has 0 saturated carbocycles. The molecule has 30 heavy (non-hydrogen) atoms. The Morgan fingerprint density at radius 1 is 1.33 bits per heavy atom. The largest absolute Gasteiger partial charge is 0.434 e. The Morgan fingerprint density at radius 3 is 2.90 bits per heavy atom. The first-order chi connectivity index (χ1) is 14.5. The van der Waals surface area contributed by atoms with E-state index in [1.165, 1.54) is 5.57 Å². The number of rotatable bonds is 6. The number of hydrogen-bond donors (Lipinski definition) is 2. The Labute approximate surface area is 179 Å². The van der Waals surface area contributed by atoms with Crippen LogP contribution in [0.2, 0.25) is 0 Å². The molecule has 3 N–H and O–H groups in total. The third-order valence-corrected chi connectivity index (χ3v) is 5.27. The lowest BCUT2D eigenvalue weighted by molar-refractivity contribution is -0.118. The van der Waals surface area contributed by atoms with Crippen LogP contribution in [0.1, 0.15) is 33.6 Å². The number of allylic oxidation sites excluding steroid dienone is 4. The van der Waals surface area contributed by atoms with Gasteiger partial charge in [0.2, 0.25) is 5.91 Å². The molecule has 1 radical (unpaired) electrons. The van der Waals surface area contributed by atoms with Gasteiger partial charge in [0.05, 0.1) is 5.92 Å². The van der Waals surface area contributed by atoms with Crippen LogP contribution in [-0.4, -0.2) is 31.5 Å². The van der Waals surface area contributed by atoms with Gasteiger partial charge in [0.25, 0.3) is 0 Å². The number of carbonyl (C=O) groups excluding carboxylic acids is 1. The minimum atomic E-state index is -0.389. The number of nitrogens with two attached hydrogens (primary N) is 1. The van der Waals surface area contributed by atoms with Crippen molar-refractivity contribution >= 4 is 29.8 Å². The molecular weight excluding hydrogens is 373 g/mol. The normalized spacial score (nSPS) is 17.9. The molecular formula is C24H29BN3O2. The van der Waals surface area contributed by atoms with Crippen molar-refractivity contribution in [3.63, 3.8) is 0 Å². The summed E-state index contributed by atoms with van der Waals surface area (Å²) in [6.45, 7) is 7.06. The lowest BCUT2D eigenvalue weighted by Gasteiger charge is -2.26. The number of nitrogens with one attached hydrogen (secondary N) is 1. The summed E-state index contributed by atoms with van der Waals surface area (Å²) in [5.74, 6) is -0.469. The van der Waals surface area contributed by atoms with Gasteiger partial charge in [-0.1, -0.05) is 41.8 Å². The van der Waals surface area contributed by atoms with Crippen molar-refractivity contribution in [1.82, 2.24) is 4.98 Å². The molecule has 1 saturated heterocycles. The van der Waals surface area contributed by atoms with Crippen molar-refractivity contribution < 1.29 is 9.45 Å². The number of hydrogen-bond acceptors (Lipinski definition) is 4. The smallest absolute Gasteiger partial charge is 0.330 e. The molecule has 0 spiro atoms. The van der Waals surface area contributed by atoms with Crippen molar-refractivity contribution in [3.05, 3.63) is 71.0 Å². The monoisotopic (exact) mass is 402 g/mol. The maximum absolute atomic E-state index is 13.2. The van der Waals surface area contributed by atoms with Gasteiger partial charge in [0.15, 0.2) is 0 Å². The van der Waals surface area contributed by atoms with E-state index in [1.807, 2.05) is 30.5 Å². The second-order valence-corrected chi connectivity index (χ2v) is 7.68. The number of carbonyl (C=O) groups is 1. The quantitative estimate of drug-likeness (QED) is 0.705. The third-order valence-electron chi connectivity index (χ3n) is 5.27. The van der Waals surface area contributed by atoms with Crippen LogP contribution in [0.25, 0.3) is 10.8 Å². The lowest BCUT2D eigenvalue weighted by atomic mass is 9.73. The fourth-order valence-corrected chi connectivity index (χ4v) is 3.74. The van der Waals surface area contributed by atoms with Crippen molar-refractivity contribution in [2.45, 2.75) is 33.6 Å². The Hall–Kier alpha value is -2.70. The van der Waals surface area contributed by atoms with Crippen LogP contribution < -0.4 is 11.1 Å². The maximum atomic E-state index is 13.2. The minimum Gasteiger partial charge on any atom is -0.434 e. The number of benzene rings is 1. The molecule has 1 atom stereocenters. The van der Waals surface area contributed by atoms with Gasteiger partial charge in [-0.05, 0) is 55.8 Å². The SMILES string of the molecule is CC/C(=C1/CCO[B]/C1=C/C=C(C)C)C(CN)C(=O)Nc1ccc2cnccc2c1. The molecule has 1 aliphatic rings. The first kappa shape index (κ1) is 22.0. The van der Waals surface area contributed by atoms with Crippen molar-refractivity contribution in [2.24, 2.45) is 11.7 Å². The van der Waals surface area contributed by atoms with E-state index >= 15 is 0 Å². The highest BCUT2D eigenvalue weighted by atomic mass is 16.4. The molecule has 2 aromatic rings. The summed E-state index contributed by atoms with van der Waals surface area (Å²) >= 11 is 0.